The van der Waals surface area contributed by atoms with Crippen molar-refractivity contribution in [1.29, 1.82) is 0 Å². The monoisotopic (exact) mass is 354 g/mol. The third kappa shape index (κ3) is 4.76. The molecule has 5 heteroatoms. The second-order valence-electron chi connectivity index (χ2n) is 6.22. The van der Waals surface area contributed by atoms with E-state index >= 15 is 0 Å². The average Bonchev–Trinajstić information content (AvgIpc) is 2.70. The van der Waals surface area contributed by atoms with Crippen LogP contribution in [0.3, 0.4) is 0 Å². The second kappa shape index (κ2) is 9.25. The molecule has 1 aliphatic rings. The van der Waals surface area contributed by atoms with Gasteiger partial charge in [0.15, 0.2) is 0 Å². The van der Waals surface area contributed by atoms with Crippen LogP contribution in [0.2, 0.25) is 0 Å². The molecule has 1 aliphatic heterocycles. The minimum atomic E-state index is 0.0502. The summed E-state index contributed by atoms with van der Waals surface area (Å²) in [5.41, 5.74) is 0.648. The Hall–Kier alpha value is -2.53. The van der Waals surface area contributed by atoms with Gasteiger partial charge in [0.2, 0.25) is 0 Å². The van der Waals surface area contributed by atoms with E-state index < -0.39 is 0 Å². The summed E-state index contributed by atoms with van der Waals surface area (Å²) in [6.07, 6.45) is 0. The SMILES string of the molecule is CCOc1ccccc1C(=O)N1CCN(CCOc2ccccc2)CC1. The van der Waals surface area contributed by atoms with Crippen molar-refractivity contribution >= 4 is 5.91 Å². The first-order valence-electron chi connectivity index (χ1n) is 9.19. The van der Waals surface area contributed by atoms with Crippen molar-refractivity contribution in [3.05, 3.63) is 60.2 Å². The van der Waals surface area contributed by atoms with Crippen LogP contribution in [-0.4, -0.2) is 61.6 Å². The van der Waals surface area contributed by atoms with E-state index in [9.17, 15) is 4.79 Å². The lowest BCUT2D eigenvalue weighted by Gasteiger charge is -2.34. The lowest BCUT2D eigenvalue weighted by molar-refractivity contribution is 0.0616. The summed E-state index contributed by atoms with van der Waals surface area (Å²) in [5.74, 6) is 1.61. The molecule has 1 fully saturated rings. The molecule has 0 spiro atoms. The van der Waals surface area contributed by atoms with E-state index in [1.807, 2.05) is 66.4 Å². The number of carbonyl (C=O) groups is 1. The number of amides is 1. The Balaban J connectivity index is 1.47. The number of carbonyl (C=O) groups excluding carboxylic acids is 1. The number of hydrogen-bond donors (Lipinski definition) is 0. The first-order valence-corrected chi connectivity index (χ1v) is 9.19. The molecule has 26 heavy (non-hydrogen) atoms. The van der Waals surface area contributed by atoms with E-state index in [2.05, 4.69) is 4.90 Å². The first-order chi connectivity index (χ1) is 12.8. The molecule has 0 bridgehead atoms. The van der Waals surface area contributed by atoms with Crippen LogP contribution >= 0.6 is 0 Å². The van der Waals surface area contributed by atoms with Crippen molar-refractivity contribution in [2.24, 2.45) is 0 Å². The molecule has 1 saturated heterocycles. The molecule has 0 N–H and O–H groups in total. The van der Waals surface area contributed by atoms with Crippen molar-refractivity contribution in [1.82, 2.24) is 9.80 Å². The second-order valence-corrected chi connectivity index (χ2v) is 6.22. The predicted octanol–water partition coefficient (Wildman–Crippen LogP) is 2.92. The highest BCUT2D eigenvalue weighted by molar-refractivity contribution is 5.97. The maximum absolute atomic E-state index is 12.8. The maximum atomic E-state index is 12.8. The van der Waals surface area contributed by atoms with Crippen LogP contribution in [0, 0.1) is 0 Å². The largest absolute Gasteiger partial charge is 0.493 e. The minimum Gasteiger partial charge on any atom is -0.493 e. The van der Waals surface area contributed by atoms with Crippen LogP contribution in [0.5, 0.6) is 11.5 Å². The fourth-order valence-electron chi connectivity index (χ4n) is 3.08. The highest BCUT2D eigenvalue weighted by Gasteiger charge is 2.24. The molecule has 0 aromatic heterocycles. The van der Waals surface area contributed by atoms with Crippen LogP contribution in [0.15, 0.2) is 54.6 Å². The molecular formula is C21H26N2O3. The van der Waals surface area contributed by atoms with Gasteiger partial charge in [-0.25, -0.2) is 0 Å². The summed E-state index contributed by atoms with van der Waals surface area (Å²) in [6, 6.07) is 17.3. The molecule has 3 rings (SSSR count). The van der Waals surface area contributed by atoms with E-state index in [1.54, 1.807) is 0 Å². The Bertz CT molecular complexity index is 697. The van der Waals surface area contributed by atoms with E-state index in [0.717, 1.165) is 38.5 Å². The van der Waals surface area contributed by atoms with Gasteiger partial charge >= 0.3 is 0 Å². The molecule has 0 saturated carbocycles. The molecule has 0 aliphatic carbocycles. The summed E-state index contributed by atoms with van der Waals surface area (Å²) in [7, 11) is 0. The Morgan fingerprint density at radius 1 is 0.923 bits per heavy atom. The zero-order chi connectivity index (χ0) is 18.2. The molecule has 5 nitrogen and oxygen atoms in total. The number of benzene rings is 2. The quantitative estimate of drug-likeness (QED) is 0.767. The lowest BCUT2D eigenvalue weighted by Crippen LogP contribution is -2.49. The molecule has 0 radical (unpaired) electrons. The van der Waals surface area contributed by atoms with Crippen LogP contribution in [0.25, 0.3) is 0 Å². The standard InChI is InChI=1S/C21H26N2O3/c1-2-25-20-11-7-6-10-19(20)21(24)23-14-12-22(13-15-23)16-17-26-18-8-4-3-5-9-18/h3-11H,2,12-17H2,1H3. The Labute approximate surface area is 155 Å². The smallest absolute Gasteiger partial charge is 0.257 e. The van der Waals surface area contributed by atoms with Crippen molar-refractivity contribution in [3.8, 4) is 11.5 Å². The van der Waals surface area contributed by atoms with Gasteiger partial charge in [-0.15, -0.1) is 0 Å². The van der Waals surface area contributed by atoms with Gasteiger partial charge < -0.3 is 14.4 Å². The molecule has 1 heterocycles. The van der Waals surface area contributed by atoms with Crippen LogP contribution < -0.4 is 9.47 Å². The molecule has 138 valence electrons. The van der Waals surface area contributed by atoms with Crippen molar-refractivity contribution in [2.45, 2.75) is 6.92 Å². The van der Waals surface area contributed by atoms with Gasteiger partial charge in [-0.2, -0.15) is 0 Å². The van der Waals surface area contributed by atoms with Crippen molar-refractivity contribution in [2.75, 3.05) is 45.9 Å². The molecule has 1 amide bonds. The summed E-state index contributed by atoms with van der Waals surface area (Å²) in [6.45, 7) is 7.19. The van der Waals surface area contributed by atoms with Crippen LogP contribution in [0.4, 0.5) is 0 Å². The highest BCUT2D eigenvalue weighted by atomic mass is 16.5. The number of para-hydroxylation sites is 2. The van der Waals surface area contributed by atoms with Gasteiger partial charge in [0, 0.05) is 32.7 Å². The highest BCUT2D eigenvalue weighted by Crippen LogP contribution is 2.20. The lowest BCUT2D eigenvalue weighted by atomic mass is 10.1. The van der Waals surface area contributed by atoms with E-state index in [1.165, 1.54) is 0 Å². The number of ether oxygens (including phenoxy) is 2. The van der Waals surface area contributed by atoms with Crippen molar-refractivity contribution < 1.29 is 14.3 Å². The number of rotatable bonds is 7. The van der Waals surface area contributed by atoms with Crippen molar-refractivity contribution in [3.63, 3.8) is 0 Å². The molecular weight excluding hydrogens is 328 g/mol. The number of piperazine rings is 1. The molecule has 2 aromatic carbocycles. The predicted molar refractivity (Wildman–Crippen MR) is 102 cm³/mol. The van der Waals surface area contributed by atoms with E-state index in [-0.39, 0.29) is 5.91 Å². The van der Waals surface area contributed by atoms with Gasteiger partial charge in [0.05, 0.1) is 12.2 Å². The summed E-state index contributed by atoms with van der Waals surface area (Å²) in [5, 5.41) is 0. The Morgan fingerprint density at radius 3 is 2.35 bits per heavy atom. The van der Waals surface area contributed by atoms with Gasteiger partial charge in [0.25, 0.3) is 5.91 Å². The van der Waals surface area contributed by atoms with Crippen LogP contribution in [0.1, 0.15) is 17.3 Å². The van der Waals surface area contributed by atoms with Gasteiger partial charge in [-0.05, 0) is 31.2 Å². The average molecular weight is 354 g/mol. The zero-order valence-corrected chi connectivity index (χ0v) is 15.3. The third-order valence-electron chi connectivity index (χ3n) is 4.50. The first kappa shape index (κ1) is 18.3. The normalized spacial score (nSPS) is 14.9. The zero-order valence-electron chi connectivity index (χ0n) is 15.3. The Morgan fingerprint density at radius 2 is 1.62 bits per heavy atom. The molecule has 0 atom stereocenters. The van der Waals surface area contributed by atoms with E-state index in [4.69, 9.17) is 9.47 Å². The number of hydrogen-bond acceptors (Lipinski definition) is 4. The van der Waals surface area contributed by atoms with E-state index in [0.29, 0.717) is 24.5 Å². The van der Waals surface area contributed by atoms with Gasteiger partial charge in [0.1, 0.15) is 18.1 Å². The van der Waals surface area contributed by atoms with Crippen LogP contribution in [-0.2, 0) is 0 Å². The number of nitrogens with zero attached hydrogens (tertiary/aromatic N) is 2. The summed E-state index contributed by atoms with van der Waals surface area (Å²) >= 11 is 0. The fourth-order valence-corrected chi connectivity index (χ4v) is 3.08. The topological polar surface area (TPSA) is 42.0 Å². The van der Waals surface area contributed by atoms with Gasteiger partial charge in [-0.3, -0.25) is 9.69 Å². The maximum Gasteiger partial charge on any atom is 0.257 e. The summed E-state index contributed by atoms with van der Waals surface area (Å²) < 4.78 is 11.3. The third-order valence-corrected chi connectivity index (χ3v) is 4.50. The minimum absolute atomic E-state index is 0.0502. The fraction of sp³-hybridized carbons (Fsp3) is 0.381. The Kier molecular flexibility index (Phi) is 6.50. The molecule has 2 aromatic rings. The molecule has 0 unspecified atom stereocenters. The van der Waals surface area contributed by atoms with Gasteiger partial charge in [-0.1, -0.05) is 30.3 Å². The summed E-state index contributed by atoms with van der Waals surface area (Å²) in [4.78, 5) is 17.0.